The molecule has 12 heteroatoms. The lowest BCUT2D eigenvalue weighted by Crippen LogP contribution is -2.39. The summed E-state index contributed by atoms with van der Waals surface area (Å²) in [5.41, 5.74) is 2.07. The number of fused-ring (bicyclic) bond motifs is 1. The Morgan fingerprint density at radius 1 is 1.19 bits per heavy atom. The maximum Gasteiger partial charge on any atom is 0.247 e. The van der Waals surface area contributed by atoms with Gasteiger partial charge in [-0.15, -0.1) is 0 Å². The van der Waals surface area contributed by atoms with Crippen molar-refractivity contribution in [3.8, 4) is 5.75 Å². The maximum atomic E-state index is 13.6. The average molecular weight is 516 g/mol. The molecule has 2 unspecified atom stereocenters. The quantitative estimate of drug-likeness (QED) is 0.204. The number of pyridine rings is 1. The molecule has 3 rings (SSSR count). The van der Waals surface area contributed by atoms with Crippen molar-refractivity contribution in [1.29, 1.82) is 0 Å². The molecule has 0 aliphatic carbocycles. The van der Waals surface area contributed by atoms with E-state index in [-0.39, 0.29) is 10.9 Å². The zero-order chi connectivity index (χ0) is 26.2. The summed E-state index contributed by atoms with van der Waals surface area (Å²) in [5.74, 6) is -2.08. The van der Waals surface area contributed by atoms with Gasteiger partial charge in [0.2, 0.25) is 17.0 Å². The minimum Gasteiger partial charge on any atom is -0.493 e. The molecule has 1 aromatic carbocycles. The summed E-state index contributed by atoms with van der Waals surface area (Å²) in [4.78, 5) is 47.2. The number of benzene rings is 1. The normalized spacial score (nSPS) is 12.8. The van der Waals surface area contributed by atoms with E-state index in [1.54, 1.807) is 43.6 Å². The van der Waals surface area contributed by atoms with Crippen LogP contribution in [0.25, 0.3) is 11.0 Å². The molecule has 0 N–H and O–H groups in total. The first-order valence-corrected chi connectivity index (χ1v) is 12.6. The first-order chi connectivity index (χ1) is 17.3. The molecule has 2 heterocycles. The number of imidazole rings is 1. The summed E-state index contributed by atoms with van der Waals surface area (Å²) in [6.45, 7) is 2.30. The average Bonchev–Trinajstić information content (AvgIpc) is 3.26. The monoisotopic (exact) mass is 515 g/mol. The van der Waals surface area contributed by atoms with E-state index in [9.17, 15) is 18.7 Å². The summed E-state index contributed by atoms with van der Waals surface area (Å²) in [6, 6.07) is 8.50. The zero-order valence-corrected chi connectivity index (χ0v) is 21.5. The number of rotatable bonds is 12. The minimum absolute atomic E-state index is 0.0312. The van der Waals surface area contributed by atoms with Crippen molar-refractivity contribution in [2.75, 3.05) is 41.0 Å². The molecule has 3 aromatic rings. The third-order valence-corrected chi connectivity index (χ3v) is 6.74. The second-order valence-electron chi connectivity index (χ2n) is 8.22. The third-order valence-electron chi connectivity index (χ3n) is 5.53. The Balaban J connectivity index is 1.97. The highest BCUT2D eigenvalue weighted by atomic mass is 32.2. The molecule has 2 aromatic heterocycles. The molecule has 0 aliphatic rings. The first-order valence-electron chi connectivity index (χ1n) is 11.3. The molecule has 2 atom stereocenters. The molecule has 0 aliphatic heterocycles. The highest BCUT2D eigenvalue weighted by Crippen LogP contribution is 2.25. The van der Waals surface area contributed by atoms with Crippen LogP contribution in [-0.2, 0) is 26.1 Å². The Morgan fingerprint density at radius 3 is 2.64 bits per heavy atom. The number of nitrogens with zero attached hydrogens (tertiary/aromatic N) is 5. The van der Waals surface area contributed by atoms with Gasteiger partial charge in [0, 0.05) is 46.0 Å². The lowest BCUT2D eigenvalue weighted by molar-refractivity contribution is -0.131. The van der Waals surface area contributed by atoms with Crippen LogP contribution in [0.3, 0.4) is 0 Å². The van der Waals surface area contributed by atoms with Gasteiger partial charge in [0.15, 0.2) is 0 Å². The van der Waals surface area contributed by atoms with Gasteiger partial charge in [0.1, 0.15) is 18.2 Å². The van der Waals surface area contributed by atoms with Gasteiger partial charge in [-0.3, -0.25) is 23.3 Å². The Labute approximate surface area is 211 Å². The van der Waals surface area contributed by atoms with Gasteiger partial charge in [0.05, 0.1) is 39.9 Å². The standard InChI is InChI=1S/C24H29N5O6S/c1-16-19(25-11-10-21(16)35-13-7-12-34-4)15-36(33)24-27-18-8-5-6-9-20(18)29(24)23(31)17(14-26-32)22(30)28(2)3/h5-6,8-11,17H,7,12-15H2,1-4H3. The van der Waals surface area contributed by atoms with Crippen LogP contribution >= 0.6 is 0 Å². The number of hydrogen-bond donors (Lipinski definition) is 0. The molecule has 192 valence electrons. The highest BCUT2D eigenvalue weighted by Gasteiger charge is 2.33. The molecular weight excluding hydrogens is 486 g/mol. The number of amides is 1. The van der Waals surface area contributed by atoms with E-state index in [2.05, 4.69) is 15.1 Å². The lowest BCUT2D eigenvalue weighted by Gasteiger charge is -2.18. The molecule has 0 spiro atoms. The van der Waals surface area contributed by atoms with Gasteiger partial charge in [-0.2, -0.15) is 4.91 Å². The second kappa shape index (κ2) is 12.5. The van der Waals surface area contributed by atoms with Crippen LogP contribution in [0.15, 0.2) is 46.9 Å². The van der Waals surface area contributed by atoms with Gasteiger partial charge in [0.25, 0.3) is 0 Å². The molecule has 0 bridgehead atoms. The van der Waals surface area contributed by atoms with Crippen LogP contribution in [0.4, 0.5) is 0 Å². The maximum absolute atomic E-state index is 13.6. The van der Waals surface area contributed by atoms with Gasteiger partial charge >= 0.3 is 0 Å². The van der Waals surface area contributed by atoms with Crippen molar-refractivity contribution in [2.24, 2.45) is 11.1 Å². The van der Waals surface area contributed by atoms with Gasteiger partial charge in [-0.05, 0) is 25.1 Å². The van der Waals surface area contributed by atoms with Crippen LogP contribution in [0.2, 0.25) is 0 Å². The van der Waals surface area contributed by atoms with E-state index in [1.807, 2.05) is 6.92 Å². The molecule has 0 radical (unpaired) electrons. The topological polar surface area (TPSA) is 133 Å². The second-order valence-corrected chi connectivity index (χ2v) is 9.56. The van der Waals surface area contributed by atoms with Crippen LogP contribution < -0.4 is 4.74 Å². The molecule has 0 saturated heterocycles. The number of para-hydroxylation sites is 2. The highest BCUT2D eigenvalue weighted by molar-refractivity contribution is 7.84. The fraction of sp³-hybridized carbons (Fsp3) is 0.417. The molecular formula is C24H29N5O6S. The van der Waals surface area contributed by atoms with Crippen LogP contribution in [-0.4, -0.2) is 76.4 Å². The summed E-state index contributed by atoms with van der Waals surface area (Å²) >= 11 is 0. The molecule has 0 fully saturated rings. The lowest BCUT2D eigenvalue weighted by atomic mass is 10.1. The van der Waals surface area contributed by atoms with E-state index in [1.165, 1.54) is 19.0 Å². The summed E-state index contributed by atoms with van der Waals surface area (Å²) in [7, 11) is 2.78. The molecule has 36 heavy (non-hydrogen) atoms. The predicted octanol–water partition coefficient (Wildman–Crippen LogP) is 2.57. The van der Waals surface area contributed by atoms with Crippen LogP contribution in [0, 0.1) is 17.7 Å². The van der Waals surface area contributed by atoms with E-state index in [0.29, 0.717) is 42.1 Å². The van der Waals surface area contributed by atoms with E-state index < -0.39 is 35.1 Å². The molecule has 0 saturated carbocycles. The zero-order valence-electron chi connectivity index (χ0n) is 20.7. The molecule has 11 nitrogen and oxygen atoms in total. The number of nitroso groups, excluding NO2 is 1. The van der Waals surface area contributed by atoms with E-state index >= 15 is 0 Å². The van der Waals surface area contributed by atoms with Crippen molar-refractivity contribution in [3.05, 3.63) is 52.7 Å². The minimum atomic E-state index is -1.81. The first kappa shape index (κ1) is 27.1. The van der Waals surface area contributed by atoms with E-state index in [0.717, 1.165) is 10.1 Å². The van der Waals surface area contributed by atoms with Crippen molar-refractivity contribution in [3.63, 3.8) is 0 Å². The fourth-order valence-electron chi connectivity index (χ4n) is 3.61. The Hall–Kier alpha value is -3.51. The Bertz CT molecular complexity index is 1280. The van der Waals surface area contributed by atoms with Crippen LogP contribution in [0.1, 0.15) is 22.5 Å². The number of carbonyl (C=O) groups excluding carboxylic acids is 2. The number of ether oxygens (including phenoxy) is 2. The van der Waals surface area contributed by atoms with Gasteiger partial charge in [-0.1, -0.05) is 17.3 Å². The van der Waals surface area contributed by atoms with Crippen LogP contribution in [0.5, 0.6) is 5.75 Å². The largest absolute Gasteiger partial charge is 0.493 e. The third kappa shape index (κ3) is 6.00. The number of carbonyl (C=O) groups is 2. The molecule has 1 amide bonds. The fourth-order valence-corrected chi connectivity index (χ4v) is 4.87. The van der Waals surface area contributed by atoms with Crippen molar-refractivity contribution < 1.29 is 23.3 Å². The number of hydrogen-bond acceptors (Lipinski definition) is 9. The number of methoxy groups -OCH3 is 1. The Morgan fingerprint density at radius 2 is 1.94 bits per heavy atom. The Kier molecular flexibility index (Phi) is 9.37. The van der Waals surface area contributed by atoms with Gasteiger partial charge in [-0.25, -0.2) is 4.98 Å². The summed E-state index contributed by atoms with van der Waals surface area (Å²) in [5, 5.41) is 2.76. The summed E-state index contributed by atoms with van der Waals surface area (Å²) in [6.07, 6.45) is 2.29. The predicted molar refractivity (Wildman–Crippen MR) is 134 cm³/mol. The van der Waals surface area contributed by atoms with Crippen molar-refractivity contribution >= 4 is 33.6 Å². The van der Waals surface area contributed by atoms with E-state index in [4.69, 9.17) is 9.47 Å². The van der Waals surface area contributed by atoms with Crippen molar-refractivity contribution in [2.45, 2.75) is 24.3 Å². The number of aromatic nitrogens is 3. The van der Waals surface area contributed by atoms with Crippen molar-refractivity contribution in [1.82, 2.24) is 19.4 Å². The smallest absolute Gasteiger partial charge is 0.247 e. The SMILES string of the molecule is COCCCOc1ccnc(CS(=O)c2nc3ccccc3n2C(=O)C(CN=O)C(=O)N(C)C)c1C. The summed E-state index contributed by atoms with van der Waals surface area (Å²) < 4.78 is 25.6. The van der Waals surface area contributed by atoms with Gasteiger partial charge < -0.3 is 14.4 Å².